The molecule has 0 N–H and O–H groups in total. The molecule has 0 aromatic rings. The standard InChI is InChI=1S/C96H195O4P/c1-7-13-19-25-31-37-43-49-55-61-67-73-79-85-91-94(88-82-76-70-64-58-52-46-40-34-28-22-16-10-4)98-101(97,99-95(89-83-77-71-65-59-53-47-41-35-29-23-17-11-5)92-86-80-74-68-62-56-50-44-38-32-26-20-14-8-2)100-96(90-84-78-72-66-60-54-48-42-36-30-24-18-12-6)93-87-81-75-69-63-57-51-45-39-33-27-21-15-9-3/h94-96H,7-93H2,1-6H3. The average Bonchev–Trinajstić information content (AvgIpc) is 0.853. The lowest BCUT2D eigenvalue weighted by Gasteiger charge is -2.31. The second-order valence-electron chi connectivity index (χ2n) is 33.9. The summed E-state index contributed by atoms with van der Waals surface area (Å²) in [6.45, 7) is 14.0. The van der Waals surface area contributed by atoms with Gasteiger partial charge in [0.1, 0.15) is 0 Å². The third kappa shape index (κ3) is 82.4. The Hall–Kier alpha value is 0.110. The van der Waals surface area contributed by atoms with Crippen LogP contribution in [0.4, 0.5) is 0 Å². The monoisotopic (exact) mass is 1440 g/mol. The molecule has 5 heteroatoms. The molecule has 101 heavy (non-hydrogen) atoms. The fourth-order valence-corrected chi connectivity index (χ4v) is 18.1. The molecule has 3 unspecified atom stereocenters. The highest BCUT2D eigenvalue weighted by Crippen LogP contribution is 2.56. The van der Waals surface area contributed by atoms with Gasteiger partial charge < -0.3 is 0 Å². The smallest absolute Gasteiger partial charge is 0.284 e. The van der Waals surface area contributed by atoms with E-state index in [-0.39, 0.29) is 18.3 Å². The molecule has 0 amide bonds. The molecular formula is C96H195O4P. The summed E-state index contributed by atoms with van der Waals surface area (Å²) in [4.78, 5) is 0. The zero-order chi connectivity index (χ0) is 72.9. The molecule has 0 spiro atoms. The first-order chi connectivity index (χ1) is 50.0. The van der Waals surface area contributed by atoms with Gasteiger partial charge in [-0.1, -0.05) is 562 Å². The Labute approximate surface area is 640 Å². The van der Waals surface area contributed by atoms with Crippen molar-refractivity contribution in [1.29, 1.82) is 0 Å². The number of hydrogen-bond donors (Lipinski definition) is 0. The maximum atomic E-state index is 16.4. The molecule has 0 saturated heterocycles. The Kier molecular flexibility index (Phi) is 89.1. The minimum atomic E-state index is -3.91. The molecule has 0 aliphatic carbocycles. The fourth-order valence-electron chi connectivity index (χ4n) is 16.2. The van der Waals surface area contributed by atoms with Gasteiger partial charge in [0.25, 0.3) is 0 Å². The maximum Gasteiger partial charge on any atom is 0.475 e. The summed E-state index contributed by atoms with van der Waals surface area (Å²) in [5.74, 6) is 0. The van der Waals surface area contributed by atoms with E-state index in [2.05, 4.69) is 41.5 Å². The van der Waals surface area contributed by atoms with Gasteiger partial charge in [0.2, 0.25) is 0 Å². The van der Waals surface area contributed by atoms with Crippen LogP contribution in [0.2, 0.25) is 0 Å². The summed E-state index contributed by atoms with van der Waals surface area (Å²) in [7, 11) is -3.91. The van der Waals surface area contributed by atoms with Crippen LogP contribution in [0.15, 0.2) is 0 Å². The van der Waals surface area contributed by atoms with Gasteiger partial charge in [0, 0.05) is 0 Å². The number of phosphoric ester groups is 1. The van der Waals surface area contributed by atoms with Gasteiger partial charge in [0.05, 0.1) is 18.3 Å². The Morgan fingerprint density at radius 3 is 0.307 bits per heavy atom. The first-order valence-electron chi connectivity index (χ1n) is 48.6. The predicted octanol–water partition coefficient (Wildman–Crippen LogP) is 37.3. The molecule has 0 heterocycles. The summed E-state index contributed by atoms with van der Waals surface area (Å²) in [5, 5.41) is 0. The van der Waals surface area contributed by atoms with E-state index in [1.54, 1.807) is 0 Å². The molecule has 4 nitrogen and oxygen atoms in total. The Morgan fingerprint density at radius 1 is 0.139 bits per heavy atom. The molecule has 3 atom stereocenters. The molecular weight excluding hydrogens is 1250 g/mol. The lowest BCUT2D eigenvalue weighted by molar-refractivity contribution is 0.0155. The van der Waals surface area contributed by atoms with Crippen LogP contribution in [0.1, 0.15) is 600 Å². The van der Waals surface area contributed by atoms with Crippen LogP contribution in [0.3, 0.4) is 0 Å². The molecule has 0 saturated carbocycles. The van der Waals surface area contributed by atoms with Crippen molar-refractivity contribution in [3.05, 3.63) is 0 Å². The first kappa shape index (κ1) is 101. The van der Waals surface area contributed by atoms with Crippen LogP contribution in [0.25, 0.3) is 0 Å². The minimum absolute atomic E-state index is 0.0676. The van der Waals surface area contributed by atoms with Gasteiger partial charge in [-0.3, -0.25) is 13.6 Å². The maximum absolute atomic E-state index is 16.4. The Balaban J connectivity index is 6.65. The van der Waals surface area contributed by atoms with Crippen LogP contribution < -0.4 is 0 Å². The van der Waals surface area contributed by atoms with Crippen LogP contribution in [-0.4, -0.2) is 18.3 Å². The molecule has 0 bridgehead atoms. The first-order valence-corrected chi connectivity index (χ1v) is 50.1. The molecule has 608 valence electrons. The molecule has 0 aliphatic heterocycles. The molecule has 0 rings (SSSR count). The number of rotatable bonds is 93. The topological polar surface area (TPSA) is 44.8 Å². The Morgan fingerprint density at radius 2 is 0.218 bits per heavy atom. The van der Waals surface area contributed by atoms with Crippen LogP contribution in [0.5, 0.6) is 0 Å². The van der Waals surface area contributed by atoms with Crippen molar-refractivity contribution in [3.8, 4) is 0 Å². The van der Waals surface area contributed by atoms with Crippen molar-refractivity contribution in [3.63, 3.8) is 0 Å². The van der Waals surface area contributed by atoms with Gasteiger partial charge >= 0.3 is 7.82 Å². The van der Waals surface area contributed by atoms with Crippen molar-refractivity contribution in [2.24, 2.45) is 0 Å². The van der Waals surface area contributed by atoms with Gasteiger partial charge in [-0.2, -0.15) is 0 Å². The zero-order valence-corrected chi connectivity index (χ0v) is 72.2. The molecule has 0 aliphatic rings. The third-order valence-corrected chi connectivity index (χ3v) is 25.0. The van der Waals surface area contributed by atoms with Crippen molar-refractivity contribution < 1.29 is 18.1 Å². The van der Waals surface area contributed by atoms with Crippen molar-refractivity contribution in [1.82, 2.24) is 0 Å². The number of hydrogen-bond acceptors (Lipinski definition) is 4. The summed E-state index contributed by atoms with van der Waals surface area (Å²) >= 11 is 0. The quantitative estimate of drug-likeness (QED) is 0.0450. The molecule has 0 fully saturated rings. The van der Waals surface area contributed by atoms with Crippen LogP contribution >= 0.6 is 7.82 Å². The van der Waals surface area contributed by atoms with Crippen molar-refractivity contribution in [2.75, 3.05) is 0 Å². The van der Waals surface area contributed by atoms with Crippen molar-refractivity contribution in [2.45, 2.75) is 618 Å². The highest BCUT2D eigenvalue weighted by molar-refractivity contribution is 7.48. The van der Waals surface area contributed by atoms with Gasteiger partial charge in [-0.25, -0.2) is 4.57 Å². The summed E-state index contributed by atoms with van der Waals surface area (Å²) < 4.78 is 38.4. The SMILES string of the molecule is CCCCCCCCCCCCCCCCC(CCCCCCCCCCCCCCC)OP(=O)(OC(CCCCCCCCCCCCCCC)CCCCCCCCCCCCCCCC)OC(CCCCCCCCCCCCCCC)CCCCCCCCCCCCCCCC. The number of unbranched alkanes of at least 4 members (excludes halogenated alkanes) is 75. The van der Waals surface area contributed by atoms with E-state index in [1.165, 1.54) is 482 Å². The lowest BCUT2D eigenvalue weighted by atomic mass is 10.0. The van der Waals surface area contributed by atoms with E-state index in [9.17, 15) is 0 Å². The van der Waals surface area contributed by atoms with E-state index in [0.717, 1.165) is 77.0 Å². The highest BCUT2D eigenvalue weighted by atomic mass is 31.2. The van der Waals surface area contributed by atoms with Gasteiger partial charge in [-0.15, -0.1) is 0 Å². The Bertz CT molecular complexity index is 1330. The minimum Gasteiger partial charge on any atom is -0.284 e. The summed E-state index contributed by atoms with van der Waals surface area (Å²) in [5.41, 5.74) is 0. The largest absolute Gasteiger partial charge is 0.475 e. The van der Waals surface area contributed by atoms with E-state index in [4.69, 9.17) is 13.6 Å². The zero-order valence-electron chi connectivity index (χ0n) is 71.3. The summed E-state index contributed by atoms with van der Waals surface area (Å²) in [6, 6.07) is 0. The second kappa shape index (κ2) is 89.0. The van der Waals surface area contributed by atoms with Gasteiger partial charge in [-0.05, 0) is 38.5 Å². The van der Waals surface area contributed by atoms with Crippen LogP contribution in [0, 0.1) is 0 Å². The van der Waals surface area contributed by atoms with Crippen LogP contribution in [-0.2, 0) is 18.1 Å². The lowest BCUT2D eigenvalue weighted by Crippen LogP contribution is -2.22. The second-order valence-corrected chi connectivity index (χ2v) is 35.4. The highest BCUT2D eigenvalue weighted by Gasteiger charge is 2.37. The van der Waals surface area contributed by atoms with E-state index >= 15 is 4.57 Å². The fraction of sp³-hybridized carbons (Fsp3) is 1.00. The predicted molar refractivity (Wildman–Crippen MR) is 458 cm³/mol. The van der Waals surface area contributed by atoms with E-state index in [1.807, 2.05) is 0 Å². The summed E-state index contributed by atoms with van der Waals surface area (Å²) in [6.07, 6.45) is 116. The number of phosphoric acid groups is 1. The molecule has 0 aromatic heterocycles. The van der Waals surface area contributed by atoms with E-state index in [0.29, 0.717) is 0 Å². The third-order valence-electron chi connectivity index (χ3n) is 23.4. The van der Waals surface area contributed by atoms with E-state index < -0.39 is 7.82 Å². The molecule has 0 radical (unpaired) electrons. The van der Waals surface area contributed by atoms with Gasteiger partial charge in [0.15, 0.2) is 0 Å². The average molecular weight is 1440 g/mol. The normalized spacial score (nSPS) is 13.4. The van der Waals surface area contributed by atoms with Crippen molar-refractivity contribution >= 4 is 7.82 Å². The molecule has 0 aromatic carbocycles.